The van der Waals surface area contributed by atoms with Crippen molar-refractivity contribution in [3.8, 4) is 0 Å². The highest BCUT2D eigenvalue weighted by Gasteiger charge is 2.30. The lowest BCUT2D eigenvalue weighted by Crippen LogP contribution is -2.47. The van der Waals surface area contributed by atoms with Crippen LogP contribution in [0.2, 0.25) is 0 Å². The van der Waals surface area contributed by atoms with Crippen molar-refractivity contribution in [3.63, 3.8) is 0 Å². The first-order valence-corrected chi connectivity index (χ1v) is 36.5. The summed E-state index contributed by atoms with van der Waals surface area (Å²) in [6.07, 6.45) is 76.9. The van der Waals surface area contributed by atoms with E-state index >= 15 is 0 Å². The molecular weight excluding hydrogens is 1020 g/mol. The van der Waals surface area contributed by atoms with Crippen molar-refractivity contribution in [1.82, 2.24) is 5.32 Å². The van der Waals surface area contributed by atoms with Crippen LogP contribution < -0.4 is 5.32 Å². The van der Waals surface area contributed by atoms with E-state index in [2.05, 4.69) is 62.5 Å². The fourth-order valence-corrected chi connectivity index (χ4v) is 11.1. The fourth-order valence-electron chi connectivity index (χ4n) is 10.3. The van der Waals surface area contributed by atoms with Crippen LogP contribution in [0.1, 0.15) is 342 Å². The van der Waals surface area contributed by atoms with E-state index in [1.165, 1.54) is 244 Å². The number of phosphoric ester groups is 1. The monoisotopic (exact) mass is 1160 g/mol. The number of nitrogens with one attached hydrogen (secondary N) is 1. The van der Waals surface area contributed by atoms with Crippen LogP contribution in [0.3, 0.4) is 0 Å². The van der Waals surface area contributed by atoms with Gasteiger partial charge in [-0.2, -0.15) is 0 Å². The van der Waals surface area contributed by atoms with E-state index in [9.17, 15) is 19.0 Å². The molecule has 9 nitrogen and oxygen atoms in total. The maximum Gasteiger partial charge on any atom is 0.472 e. The molecule has 81 heavy (non-hydrogen) atoms. The van der Waals surface area contributed by atoms with Crippen LogP contribution in [-0.2, 0) is 27.9 Å². The quantitative estimate of drug-likeness (QED) is 0.0205. The molecule has 0 aromatic carbocycles. The van der Waals surface area contributed by atoms with Gasteiger partial charge in [-0.15, -0.1) is 0 Å². The number of ether oxygens (including phenoxy) is 1. The number of hydrogen-bond acceptors (Lipinski definition) is 6. The molecule has 476 valence electrons. The van der Waals surface area contributed by atoms with Crippen LogP contribution in [0.15, 0.2) is 48.6 Å². The summed E-state index contributed by atoms with van der Waals surface area (Å²) in [5, 5.41) is 3.07. The highest BCUT2D eigenvalue weighted by molar-refractivity contribution is 7.47. The van der Waals surface area contributed by atoms with E-state index in [4.69, 9.17) is 13.8 Å². The van der Waals surface area contributed by atoms with Crippen molar-refractivity contribution < 1.29 is 37.3 Å². The molecule has 0 aliphatic rings. The molecule has 0 bridgehead atoms. The largest absolute Gasteiger partial charge is 0.472 e. The Labute approximate surface area is 503 Å². The number of likely N-dealkylation sites (N-methyl/N-ethyl adjacent to an activating group) is 1. The summed E-state index contributed by atoms with van der Waals surface area (Å²) in [4.78, 5) is 37.8. The Kier molecular flexibility index (Phi) is 59.5. The van der Waals surface area contributed by atoms with Crippen molar-refractivity contribution in [2.24, 2.45) is 0 Å². The van der Waals surface area contributed by atoms with Gasteiger partial charge in [0.1, 0.15) is 19.3 Å². The number of esters is 1. The molecule has 0 radical (unpaired) electrons. The molecule has 0 aliphatic heterocycles. The number of hydrogen-bond donors (Lipinski definition) is 2. The van der Waals surface area contributed by atoms with Crippen LogP contribution in [0, 0.1) is 0 Å². The average molecular weight is 1160 g/mol. The minimum Gasteiger partial charge on any atom is -0.456 e. The summed E-state index contributed by atoms with van der Waals surface area (Å²) in [5.74, 6) is -0.494. The number of nitrogens with zero attached hydrogens (tertiary/aromatic N) is 1. The third kappa shape index (κ3) is 62.3. The van der Waals surface area contributed by atoms with Gasteiger partial charge in [-0.05, 0) is 89.5 Å². The van der Waals surface area contributed by atoms with Gasteiger partial charge in [-0.25, -0.2) is 4.57 Å². The van der Waals surface area contributed by atoms with E-state index in [0.29, 0.717) is 23.9 Å². The Morgan fingerprint density at radius 1 is 0.432 bits per heavy atom. The molecule has 0 saturated heterocycles. The van der Waals surface area contributed by atoms with E-state index in [1.807, 2.05) is 33.3 Å². The molecule has 3 atom stereocenters. The summed E-state index contributed by atoms with van der Waals surface area (Å²) in [6.45, 7) is 7.02. The van der Waals surface area contributed by atoms with Crippen LogP contribution in [0.25, 0.3) is 0 Å². The topological polar surface area (TPSA) is 111 Å². The van der Waals surface area contributed by atoms with Crippen molar-refractivity contribution in [2.45, 2.75) is 354 Å². The predicted molar refractivity (Wildman–Crippen MR) is 351 cm³/mol. The third-order valence-corrected chi connectivity index (χ3v) is 16.7. The lowest BCUT2D eigenvalue weighted by atomic mass is 10.0. The zero-order valence-corrected chi connectivity index (χ0v) is 55.4. The molecule has 0 fully saturated rings. The fraction of sp³-hybridized carbons (Fsp3) is 0.859. The van der Waals surface area contributed by atoms with Gasteiger partial charge in [-0.1, -0.05) is 288 Å². The standard InChI is InChI=1S/C71H135N2O7P/c1-7-10-13-16-19-22-25-27-29-31-33-35-36-38-40-42-44-46-49-52-55-58-61-64-71(75)80-69(62-59-56-53-50-47-24-21-18-15-12-9-3)68(67-79-81(76,77)78-66-65-73(4,5)6)72-70(74)63-60-57-54-51-48-45-43-41-39-37-34-32-30-28-26-23-20-17-14-11-8-2/h20,23,27-30,59,62,68-69H,7-19,21-22,24-26,31-58,60-61,63-67H2,1-6H3,(H-,72,74,76,77)/p+1/b23-20-,29-27+,30-28-,62-59+. The highest BCUT2D eigenvalue weighted by Crippen LogP contribution is 2.43. The van der Waals surface area contributed by atoms with Gasteiger partial charge < -0.3 is 19.4 Å². The summed E-state index contributed by atoms with van der Waals surface area (Å²) in [5.41, 5.74) is 0. The number of phosphoric acid groups is 1. The molecule has 2 N–H and O–H groups in total. The molecule has 10 heteroatoms. The number of quaternary nitrogens is 1. The molecule has 0 spiro atoms. The molecule has 0 heterocycles. The zero-order chi connectivity index (χ0) is 59.3. The van der Waals surface area contributed by atoms with Crippen LogP contribution >= 0.6 is 7.82 Å². The molecule has 1 amide bonds. The second-order valence-electron chi connectivity index (χ2n) is 25.0. The van der Waals surface area contributed by atoms with E-state index in [1.54, 1.807) is 0 Å². The maximum atomic E-state index is 13.6. The summed E-state index contributed by atoms with van der Waals surface area (Å²) < 4.78 is 30.8. The van der Waals surface area contributed by atoms with Crippen molar-refractivity contribution >= 4 is 19.7 Å². The van der Waals surface area contributed by atoms with Crippen molar-refractivity contribution in [2.75, 3.05) is 40.9 Å². The minimum atomic E-state index is -4.45. The molecular formula is C71H136N2O7P+. The number of carbonyl (C=O) groups excluding carboxylic acids is 2. The van der Waals surface area contributed by atoms with Crippen molar-refractivity contribution in [1.29, 1.82) is 0 Å². The van der Waals surface area contributed by atoms with E-state index in [-0.39, 0.29) is 25.1 Å². The summed E-state index contributed by atoms with van der Waals surface area (Å²) in [6, 6.07) is -0.848. The van der Waals surface area contributed by atoms with Gasteiger partial charge in [0.25, 0.3) is 0 Å². The summed E-state index contributed by atoms with van der Waals surface area (Å²) in [7, 11) is 1.51. The molecule has 0 rings (SSSR count). The molecule has 0 aromatic heterocycles. The Hall–Kier alpha value is -2.03. The number of carbonyl (C=O) groups is 2. The smallest absolute Gasteiger partial charge is 0.456 e. The first-order chi connectivity index (χ1) is 39.4. The Morgan fingerprint density at radius 3 is 1.15 bits per heavy atom. The molecule has 3 unspecified atom stereocenters. The Balaban J connectivity index is 5.04. The van der Waals surface area contributed by atoms with Crippen molar-refractivity contribution in [3.05, 3.63) is 48.6 Å². The number of rotatable bonds is 64. The van der Waals surface area contributed by atoms with Gasteiger partial charge in [0.05, 0.1) is 33.8 Å². The lowest BCUT2D eigenvalue weighted by molar-refractivity contribution is -0.870. The van der Waals surface area contributed by atoms with E-state index < -0.39 is 20.0 Å². The van der Waals surface area contributed by atoms with Crippen LogP contribution in [0.5, 0.6) is 0 Å². The number of allylic oxidation sites excluding steroid dienone is 7. The van der Waals surface area contributed by atoms with Gasteiger partial charge in [0.2, 0.25) is 5.91 Å². The first-order valence-electron chi connectivity index (χ1n) is 35.0. The predicted octanol–water partition coefficient (Wildman–Crippen LogP) is 22.0. The average Bonchev–Trinajstić information content (AvgIpc) is 3.44. The van der Waals surface area contributed by atoms with E-state index in [0.717, 1.165) is 64.2 Å². The van der Waals surface area contributed by atoms with Crippen LogP contribution in [0.4, 0.5) is 0 Å². The highest BCUT2D eigenvalue weighted by atomic mass is 31.2. The third-order valence-electron chi connectivity index (χ3n) is 15.7. The molecule has 0 aromatic rings. The van der Waals surface area contributed by atoms with Crippen LogP contribution in [-0.4, -0.2) is 74.3 Å². The first kappa shape index (κ1) is 79.0. The van der Waals surface area contributed by atoms with Gasteiger partial charge in [-0.3, -0.25) is 18.6 Å². The number of amides is 1. The SMILES string of the molecule is CCCCC/C=C\C/C=C\CCCCCCCCCCCCCC(=O)NC(COP(=O)(O)OCC[N+](C)(C)C)C(/C=C/CCCCCCCCCCC)OC(=O)CCCCCCCCCCCCCCC/C=C/CCCCCCCC. The Morgan fingerprint density at radius 2 is 0.753 bits per heavy atom. The Bertz CT molecular complexity index is 1520. The van der Waals surface area contributed by atoms with Gasteiger partial charge >= 0.3 is 13.8 Å². The molecule has 0 aliphatic carbocycles. The lowest BCUT2D eigenvalue weighted by Gasteiger charge is -2.27. The van der Waals surface area contributed by atoms with Gasteiger partial charge in [0.15, 0.2) is 0 Å². The molecule has 0 saturated carbocycles. The van der Waals surface area contributed by atoms with Gasteiger partial charge in [0, 0.05) is 12.8 Å². The zero-order valence-electron chi connectivity index (χ0n) is 54.5. The number of unbranched alkanes of at least 4 members (excludes halogenated alkanes) is 42. The summed E-state index contributed by atoms with van der Waals surface area (Å²) >= 11 is 0. The minimum absolute atomic E-state index is 0.0410. The second-order valence-corrected chi connectivity index (χ2v) is 26.5. The normalized spacial score (nSPS) is 13.8. The maximum absolute atomic E-state index is 13.6. The second kappa shape index (κ2) is 61.1.